The average molecular weight is 259 g/mol. The summed E-state index contributed by atoms with van der Waals surface area (Å²) in [6, 6.07) is 8.14. The normalized spacial score (nSPS) is 11.2. The molecule has 0 fully saturated rings. The van der Waals surface area contributed by atoms with Gasteiger partial charge in [-0.1, -0.05) is 30.4 Å². The van der Waals surface area contributed by atoms with Crippen molar-refractivity contribution < 1.29 is 4.79 Å². The fraction of sp³-hybridized carbons (Fsp3) is 0.267. The van der Waals surface area contributed by atoms with Crippen molar-refractivity contribution in [3.63, 3.8) is 0 Å². The summed E-state index contributed by atoms with van der Waals surface area (Å²) in [5, 5.41) is 4.14. The smallest absolute Gasteiger partial charge is 0.261 e. The molecular formula is C15H17NOS. The van der Waals surface area contributed by atoms with Crippen LogP contribution >= 0.6 is 11.3 Å². The maximum absolute atomic E-state index is 12.1. The van der Waals surface area contributed by atoms with Gasteiger partial charge < -0.3 is 5.32 Å². The Balaban J connectivity index is 2.15. The van der Waals surface area contributed by atoms with Crippen molar-refractivity contribution in [2.75, 3.05) is 6.54 Å². The van der Waals surface area contributed by atoms with E-state index in [2.05, 4.69) is 23.5 Å². The van der Waals surface area contributed by atoms with Gasteiger partial charge in [0.1, 0.15) is 0 Å². The third kappa shape index (κ3) is 2.62. The molecule has 1 heterocycles. The van der Waals surface area contributed by atoms with E-state index in [0.29, 0.717) is 6.54 Å². The monoisotopic (exact) mass is 259 g/mol. The number of carbonyl (C=O) groups is 1. The Morgan fingerprint density at radius 1 is 1.39 bits per heavy atom. The zero-order valence-electron chi connectivity index (χ0n) is 10.7. The van der Waals surface area contributed by atoms with Crippen LogP contribution in [0.3, 0.4) is 0 Å². The Labute approximate surface area is 111 Å². The average Bonchev–Trinajstić information content (AvgIpc) is 2.73. The van der Waals surface area contributed by atoms with Crippen molar-refractivity contribution in [2.45, 2.75) is 20.3 Å². The van der Waals surface area contributed by atoms with Crippen LogP contribution in [0.1, 0.15) is 28.6 Å². The van der Waals surface area contributed by atoms with Crippen LogP contribution in [0, 0.1) is 6.92 Å². The molecule has 1 amide bonds. The quantitative estimate of drug-likeness (QED) is 0.654. The Hall–Kier alpha value is -1.61. The lowest BCUT2D eigenvalue weighted by atomic mass is 10.1. The van der Waals surface area contributed by atoms with Crippen LogP contribution in [0.5, 0.6) is 0 Å². The van der Waals surface area contributed by atoms with Crippen LogP contribution in [-0.4, -0.2) is 12.5 Å². The first-order valence-electron chi connectivity index (χ1n) is 6.11. The van der Waals surface area contributed by atoms with Crippen molar-refractivity contribution in [3.8, 4) is 0 Å². The standard InChI is InChI=1S/C15H17NOS/c1-3-4-7-10-16-15(17)14-11(2)12-8-5-6-9-13(12)18-14/h3-6,8-9H,7,10H2,1-2H3,(H,16,17)/b4-3+. The molecule has 0 unspecified atom stereocenters. The summed E-state index contributed by atoms with van der Waals surface area (Å²) in [4.78, 5) is 12.9. The Bertz CT molecular complexity index is 583. The van der Waals surface area contributed by atoms with E-state index in [1.807, 2.05) is 32.1 Å². The van der Waals surface area contributed by atoms with E-state index >= 15 is 0 Å². The first-order chi connectivity index (χ1) is 8.74. The highest BCUT2D eigenvalue weighted by molar-refractivity contribution is 7.21. The molecule has 18 heavy (non-hydrogen) atoms. The lowest BCUT2D eigenvalue weighted by Crippen LogP contribution is -2.23. The molecule has 0 aliphatic rings. The summed E-state index contributed by atoms with van der Waals surface area (Å²) >= 11 is 1.57. The van der Waals surface area contributed by atoms with Crippen LogP contribution in [0.4, 0.5) is 0 Å². The summed E-state index contributed by atoms with van der Waals surface area (Å²) in [7, 11) is 0. The predicted molar refractivity (Wildman–Crippen MR) is 78.3 cm³/mol. The van der Waals surface area contributed by atoms with Gasteiger partial charge in [-0.3, -0.25) is 4.79 Å². The highest BCUT2D eigenvalue weighted by atomic mass is 32.1. The maximum Gasteiger partial charge on any atom is 0.261 e. The summed E-state index contributed by atoms with van der Waals surface area (Å²) in [5.41, 5.74) is 1.08. The number of aryl methyl sites for hydroxylation is 1. The molecule has 2 aromatic rings. The molecule has 0 atom stereocenters. The zero-order valence-corrected chi connectivity index (χ0v) is 11.5. The van der Waals surface area contributed by atoms with Gasteiger partial charge in [0.15, 0.2) is 0 Å². The second-order valence-electron chi connectivity index (χ2n) is 4.17. The third-order valence-corrected chi connectivity index (χ3v) is 4.15. The molecular weight excluding hydrogens is 242 g/mol. The summed E-state index contributed by atoms with van der Waals surface area (Å²) in [6.07, 6.45) is 4.93. The number of nitrogens with one attached hydrogen (secondary N) is 1. The highest BCUT2D eigenvalue weighted by Crippen LogP contribution is 2.30. The molecule has 0 aliphatic heterocycles. The molecule has 0 saturated carbocycles. The van der Waals surface area contributed by atoms with Gasteiger partial charge in [-0.05, 0) is 37.3 Å². The predicted octanol–water partition coefficient (Wildman–Crippen LogP) is 3.91. The number of fused-ring (bicyclic) bond motifs is 1. The molecule has 0 radical (unpaired) electrons. The van der Waals surface area contributed by atoms with E-state index in [4.69, 9.17) is 0 Å². The number of carbonyl (C=O) groups excluding carboxylic acids is 1. The van der Waals surface area contributed by atoms with Crippen molar-refractivity contribution in [1.82, 2.24) is 5.32 Å². The van der Waals surface area contributed by atoms with E-state index < -0.39 is 0 Å². The van der Waals surface area contributed by atoms with Crippen LogP contribution in [-0.2, 0) is 0 Å². The van der Waals surface area contributed by atoms with Crippen molar-refractivity contribution in [1.29, 1.82) is 0 Å². The molecule has 2 rings (SSSR count). The molecule has 1 N–H and O–H groups in total. The van der Waals surface area contributed by atoms with Gasteiger partial charge in [0.05, 0.1) is 4.88 Å². The minimum atomic E-state index is 0.0400. The van der Waals surface area contributed by atoms with Crippen LogP contribution in [0.25, 0.3) is 10.1 Å². The lowest BCUT2D eigenvalue weighted by Gasteiger charge is -2.02. The van der Waals surface area contributed by atoms with E-state index in [0.717, 1.165) is 16.9 Å². The minimum Gasteiger partial charge on any atom is -0.351 e. The summed E-state index contributed by atoms with van der Waals surface area (Å²) < 4.78 is 1.17. The first kappa shape index (κ1) is 12.8. The molecule has 1 aromatic carbocycles. The SMILES string of the molecule is C/C=C/CCNC(=O)c1sc2ccccc2c1C. The van der Waals surface area contributed by atoms with Gasteiger partial charge in [-0.2, -0.15) is 0 Å². The Morgan fingerprint density at radius 2 is 2.17 bits per heavy atom. The number of benzene rings is 1. The topological polar surface area (TPSA) is 29.1 Å². The lowest BCUT2D eigenvalue weighted by molar-refractivity contribution is 0.0958. The number of hydrogen-bond donors (Lipinski definition) is 1. The number of thiophene rings is 1. The van der Waals surface area contributed by atoms with Crippen molar-refractivity contribution in [2.24, 2.45) is 0 Å². The van der Waals surface area contributed by atoms with Crippen LogP contribution in [0.15, 0.2) is 36.4 Å². The van der Waals surface area contributed by atoms with Crippen LogP contribution < -0.4 is 5.32 Å². The maximum atomic E-state index is 12.1. The third-order valence-electron chi connectivity index (χ3n) is 2.88. The number of rotatable bonds is 4. The second kappa shape index (κ2) is 5.83. The van der Waals surface area contributed by atoms with Gasteiger partial charge in [-0.25, -0.2) is 0 Å². The molecule has 0 saturated heterocycles. The van der Waals surface area contributed by atoms with Crippen molar-refractivity contribution in [3.05, 3.63) is 46.9 Å². The Morgan fingerprint density at radius 3 is 2.89 bits per heavy atom. The fourth-order valence-electron chi connectivity index (χ4n) is 1.91. The van der Waals surface area contributed by atoms with Crippen LogP contribution in [0.2, 0.25) is 0 Å². The van der Waals surface area contributed by atoms with Gasteiger partial charge in [0, 0.05) is 11.2 Å². The van der Waals surface area contributed by atoms with E-state index in [1.165, 1.54) is 10.1 Å². The minimum absolute atomic E-state index is 0.0400. The fourth-order valence-corrected chi connectivity index (χ4v) is 3.03. The van der Waals surface area contributed by atoms with Gasteiger partial charge in [0.2, 0.25) is 0 Å². The van der Waals surface area contributed by atoms with E-state index in [-0.39, 0.29) is 5.91 Å². The molecule has 0 spiro atoms. The molecule has 2 nitrogen and oxygen atoms in total. The number of hydrogen-bond acceptors (Lipinski definition) is 2. The first-order valence-corrected chi connectivity index (χ1v) is 6.93. The molecule has 0 aliphatic carbocycles. The molecule has 3 heteroatoms. The van der Waals surface area contributed by atoms with Gasteiger partial charge >= 0.3 is 0 Å². The summed E-state index contributed by atoms with van der Waals surface area (Å²) in [6.45, 7) is 4.69. The number of allylic oxidation sites excluding steroid dienone is 1. The zero-order chi connectivity index (χ0) is 13.0. The Kier molecular flexibility index (Phi) is 4.15. The van der Waals surface area contributed by atoms with E-state index in [9.17, 15) is 4.79 Å². The summed E-state index contributed by atoms with van der Waals surface area (Å²) in [5.74, 6) is 0.0400. The van der Waals surface area contributed by atoms with Gasteiger partial charge in [0.25, 0.3) is 5.91 Å². The molecule has 1 aromatic heterocycles. The molecule has 94 valence electrons. The van der Waals surface area contributed by atoms with Crippen molar-refractivity contribution >= 4 is 27.3 Å². The largest absolute Gasteiger partial charge is 0.351 e. The molecule has 0 bridgehead atoms. The van der Waals surface area contributed by atoms with Gasteiger partial charge in [-0.15, -0.1) is 11.3 Å². The highest BCUT2D eigenvalue weighted by Gasteiger charge is 2.14. The number of amides is 1. The second-order valence-corrected chi connectivity index (χ2v) is 5.22. The van der Waals surface area contributed by atoms with E-state index in [1.54, 1.807) is 11.3 Å².